The lowest BCUT2D eigenvalue weighted by atomic mass is 10.4. The molecule has 88 valence electrons. The van der Waals surface area contributed by atoms with Crippen molar-refractivity contribution in [2.75, 3.05) is 13.6 Å². The molecule has 0 aromatic carbocycles. The number of amides is 4. The number of hydrogen-bond acceptors (Lipinski definition) is 5. The summed E-state index contributed by atoms with van der Waals surface area (Å²) in [7, 11) is 1.18. The minimum atomic E-state index is -1.01. The van der Waals surface area contributed by atoms with Gasteiger partial charge in [0.2, 0.25) is 0 Å². The summed E-state index contributed by atoms with van der Waals surface area (Å²) in [6, 6.07) is -0.810. The Balaban J connectivity index is 2.68. The molecule has 0 unspecified atom stereocenters. The molecule has 0 aliphatic carbocycles. The molecule has 0 atom stereocenters. The van der Waals surface area contributed by atoms with Crippen molar-refractivity contribution in [2.45, 2.75) is 20.0 Å². The van der Waals surface area contributed by atoms with Crippen molar-refractivity contribution in [3.8, 4) is 0 Å². The first kappa shape index (κ1) is 12.2. The highest BCUT2D eigenvalue weighted by atomic mass is 16.5. The summed E-state index contributed by atoms with van der Waals surface area (Å²) in [5.41, 5.74) is 0. The van der Waals surface area contributed by atoms with E-state index in [4.69, 9.17) is 4.74 Å². The fourth-order valence-electron chi connectivity index (χ4n) is 1.18. The Morgan fingerprint density at radius 3 is 2.19 bits per heavy atom. The molecule has 16 heavy (non-hydrogen) atoms. The average Bonchev–Trinajstić information content (AvgIpc) is 2.34. The van der Waals surface area contributed by atoms with Crippen LogP contribution in [-0.4, -0.2) is 53.3 Å². The maximum absolute atomic E-state index is 11.3. The van der Waals surface area contributed by atoms with E-state index in [1.807, 2.05) is 0 Å². The first-order valence-corrected chi connectivity index (χ1v) is 4.67. The predicted octanol–water partition coefficient (Wildman–Crippen LogP) is -0.641. The molecule has 4 amide bonds. The maximum Gasteiger partial charge on any atom is 0.334 e. The molecule has 1 rings (SSSR count). The van der Waals surface area contributed by atoms with Crippen molar-refractivity contribution >= 4 is 23.8 Å². The summed E-state index contributed by atoms with van der Waals surface area (Å²) in [6.07, 6.45) is -0.339. The first-order chi connectivity index (χ1) is 7.34. The van der Waals surface area contributed by atoms with Gasteiger partial charge in [0.15, 0.2) is 0 Å². The number of nitrogens with zero attached hydrogens (tertiary/aromatic N) is 2. The van der Waals surface area contributed by atoms with Crippen molar-refractivity contribution in [3.05, 3.63) is 0 Å². The second-order valence-electron chi connectivity index (χ2n) is 3.58. The van der Waals surface area contributed by atoms with Crippen molar-refractivity contribution in [2.24, 2.45) is 0 Å². The Kier molecular flexibility index (Phi) is 3.26. The van der Waals surface area contributed by atoms with Crippen molar-refractivity contribution in [1.29, 1.82) is 0 Å². The zero-order valence-corrected chi connectivity index (χ0v) is 9.22. The van der Waals surface area contributed by atoms with Gasteiger partial charge in [0.1, 0.15) is 6.54 Å². The lowest BCUT2D eigenvalue weighted by Crippen LogP contribution is -2.37. The number of carbonyl (C=O) groups excluding carboxylic acids is 4. The Labute approximate surface area is 91.9 Å². The van der Waals surface area contributed by atoms with E-state index in [1.165, 1.54) is 7.05 Å². The van der Waals surface area contributed by atoms with Gasteiger partial charge in [-0.3, -0.25) is 19.3 Å². The molecule has 0 bridgehead atoms. The van der Waals surface area contributed by atoms with Gasteiger partial charge in [0, 0.05) is 7.05 Å². The lowest BCUT2D eigenvalue weighted by molar-refractivity contribution is -0.151. The fraction of sp³-hybridized carbons (Fsp3) is 0.556. The van der Waals surface area contributed by atoms with Gasteiger partial charge in [-0.25, -0.2) is 9.69 Å². The molecule has 0 spiro atoms. The fourth-order valence-corrected chi connectivity index (χ4v) is 1.18. The molecule has 0 radical (unpaired) electrons. The van der Waals surface area contributed by atoms with Crippen LogP contribution in [0.3, 0.4) is 0 Å². The molecule has 1 saturated heterocycles. The zero-order valence-electron chi connectivity index (χ0n) is 9.22. The molecule has 1 heterocycles. The smallest absolute Gasteiger partial charge is 0.334 e. The third kappa shape index (κ3) is 2.18. The third-order valence-corrected chi connectivity index (χ3v) is 1.90. The van der Waals surface area contributed by atoms with E-state index >= 15 is 0 Å². The number of imide groups is 2. The van der Waals surface area contributed by atoms with Gasteiger partial charge < -0.3 is 4.74 Å². The minimum absolute atomic E-state index is 0.339. The summed E-state index contributed by atoms with van der Waals surface area (Å²) >= 11 is 0. The topological polar surface area (TPSA) is 84.0 Å². The summed E-state index contributed by atoms with van der Waals surface area (Å²) in [5.74, 6) is -2.67. The van der Waals surface area contributed by atoms with Crippen LogP contribution in [0.4, 0.5) is 4.79 Å². The molecule has 1 aliphatic heterocycles. The highest BCUT2D eigenvalue weighted by Gasteiger charge is 2.43. The third-order valence-electron chi connectivity index (χ3n) is 1.90. The Hall–Kier alpha value is -1.92. The first-order valence-electron chi connectivity index (χ1n) is 4.67. The molecule has 0 saturated carbocycles. The van der Waals surface area contributed by atoms with Crippen LogP contribution in [-0.2, 0) is 19.1 Å². The van der Waals surface area contributed by atoms with Gasteiger partial charge in [0.25, 0.3) is 0 Å². The van der Waals surface area contributed by atoms with Crippen LogP contribution < -0.4 is 0 Å². The number of hydrogen-bond donors (Lipinski definition) is 0. The second kappa shape index (κ2) is 4.30. The van der Waals surface area contributed by atoms with E-state index in [0.29, 0.717) is 9.80 Å². The molecule has 7 heteroatoms. The van der Waals surface area contributed by atoms with Crippen molar-refractivity contribution in [1.82, 2.24) is 9.80 Å². The van der Waals surface area contributed by atoms with Crippen LogP contribution in [0.2, 0.25) is 0 Å². The molecule has 1 fully saturated rings. The molecular weight excluding hydrogens is 216 g/mol. The van der Waals surface area contributed by atoms with Crippen LogP contribution in [0.25, 0.3) is 0 Å². The molecule has 7 nitrogen and oxygen atoms in total. The van der Waals surface area contributed by atoms with Gasteiger partial charge >= 0.3 is 23.8 Å². The number of likely N-dealkylation sites (N-methyl/N-ethyl adjacent to an activating group) is 1. The number of ether oxygens (including phenoxy) is 1. The SMILES string of the molecule is CC(C)OC(=O)CN1C(=O)C(=O)N(C)C1=O. The maximum atomic E-state index is 11.3. The normalized spacial score (nSPS) is 16.4. The van der Waals surface area contributed by atoms with Crippen LogP contribution in [0, 0.1) is 0 Å². The Morgan fingerprint density at radius 1 is 1.25 bits per heavy atom. The number of urea groups is 1. The van der Waals surface area contributed by atoms with Crippen molar-refractivity contribution in [3.63, 3.8) is 0 Å². The number of rotatable bonds is 3. The summed E-state index contributed by atoms with van der Waals surface area (Å²) in [4.78, 5) is 46.1. The van der Waals surface area contributed by atoms with E-state index in [2.05, 4.69) is 0 Å². The molecule has 1 aliphatic rings. The van der Waals surface area contributed by atoms with E-state index in [1.54, 1.807) is 13.8 Å². The van der Waals surface area contributed by atoms with Gasteiger partial charge in [-0.15, -0.1) is 0 Å². The van der Waals surface area contributed by atoms with Crippen molar-refractivity contribution < 1.29 is 23.9 Å². The zero-order chi connectivity index (χ0) is 12.5. The highest BCUT2D eigenvalue weighted by molar-refractivity contribution is 6.44. The van der Waals surface area contributed by atoms with Gasteiger partial charge in [-0.2, -0.15) is 0 Å². The summed E-state index contributed by atoms with van der Waals surface area (Å²) in [6.45, 7) is 2.75. The molecule has 0 aromatic rings. The molecule has 0 N–H and O–H groups in total. The van der Waals surface area contributed by atoms with E-state index < -0.39 is 30.4 Å². The van der Waals surface area contributed by atoms with E-state index in [9.17, 15) is 19.2 Å². The summed E-state index contributed by atoms with van der Waals surface area (Å²) in [5, 5.41) is 0. The lowest BCUT2D eigenvalue weighted by Gasteiger charge is -2.13. The minimum Gasteiger partial charge on any atom is -0.462 e. The van der Waals surface area contributed by atoms with Gasteiger partial charge in [-0.1, -0.05) is 0 Å². The second-order valence-corrected chi connectivity index (χ2v) is 3.58. The average molecular weight is 228 g/mol. The van der Waals surface area contributed by atoms with Gasteiger partial charge in [0.05, 0.1) is 6.10 Å². The monoisotopic (exact) mass is 228 g/mol. The largest absolute Gasteiger partial charge is 0.462 e. The number of carbonyl (C=O) groups is 4. The Morgan fingerprint density at radius 2 is 1.81 bits per heavy atom. The van der Waals surface area contributed by atoms with E-state index in [-0.39, 0.29) is 6.10 Å². The predicted molar refractivity (Wildman–Crippen MR) is 51.1 cm³/mol. The highest BCUT2D eigenvalue weighted by Crippen LogP contribution is 2.09. The van der Waals surface area contributed by atoms with Crippen LogP contribution in [0.15, 0.2) is 0 Å². The molecule has 0 aromatic heterocycles. The quantitative estimate of drug-likeness (QED) is 0.364. The van der Waals surface area contributed by atoms with E-state index in [0.717, 1.165) is 0 Å². The van der Waals surface area contributed by atoms with Crippen LogP contribution in [0.1, 0.15) is 13.8 Å². The van der Waals surface area contributed by atoms with Crippen LogP contribution >= 0.6 is 0 Å². The van der Waals surface area contributed by atoms with Crippen LogP contribution in [0.5, 0.6) is 0 Å². The standard InChI is InChI=1S/C9H12N2O5/c1-5(2)16-6(12)4-11-8(14)7(13)10(3)9(11)15/h5H,4H2,1-3H3. The van der Waals surface area contributed by atoms with Gasteiger partial charge in [-0.05, 0) is 13.8 Å². The number of esters is 1. The summed E-state index contributed by atoms with van der Waals surface area (Å²) < 4.78 is 4.76. The Bertz CT molecular complexity index is 363. The molecular formula is C9H12N2O5.